The molecular weight excluding hydrogens is 302 g/mol. The fourth-order valence-electron chi connectivity index (χ4n) is 2.61. The van der Waals surface area contributed by atoms with E-state index in [1.807, 2.05) is 0 Å². The van der Waals surface area contributed by atoms with Gasteiger partial charge in [-0.2, -0.15) is 0 Å². The van der Waals surface area contributed by atoms with Gasteiger partial charge in [0, 0.05) is 25.7 Å². The van der Waals surface area contributed by atoms with Crippen LogP contribution in [0.15, 0.2) is 23.1 Å². The Balaban J connectivity index is 2.22. The first-order valence-corrected chi connectivity index (χ1v) is 9.05. The second-order valence-corrected chi connectivity index (χ2v) is 7.23. The van der Waals surface area contributed by atoms with Gasteiger partial charge in [0.05, 0.1) is 4.90 Å². The highest BCUT2D eigenvalue weighted by molar-refractivity contribution is 7.89. The Hall–Kier alpha value is -1.44. The van der Waals surface area contributed by atoms with Crippen molar-refractivity contribution in [3.63, 3.8) is 0 Å². The largest absolute Gasteiger partial charge is 0.330 e. The van der Waals surface area contributed by atoms with Gasteiger partial charge in [-0.05, 0) is 49.9 Å². The molecular formula is C15H23N3O3S. The van der Waals surface area contributed by atoms with E-state index < -0.39 is 10.0 Å². The van der Waals surface area contributed by atoms with Crippen molar-refractivity contribution in [3.8, 4) is 0 Å². The number of amides is 1. The zero-order valence-corrected chi connectivity index (χ0v) is 13.7. The van der Waals surface area contributed by atoms with E-state index in [1.54, 1.807) is 23.1 Å². The number of sulfonamides is 1. The van der Waals surface area contributed by atoms with Crippen LogP contribution < -0.4 is 15.4 Å². The van der Waals surface area contributed by atoms with Crippen molar-refractivity contribution < 1.29 is 13.2 Å². The lowest BCUT2D eigenvalue weighted by molar-refractivity contribution is -0.116. The number of aryl methyl sites for hydroxylation is 1. The molecule has 7 heteroatoms. The molecule has 0 bridgehead atoms. The minimum atomic E-state index is -3.55. The van der Waals surface area contributed by atoms with Gasteiger partial charge in [-0.15, -0.1) is 0 Å². The second-order valence-electron chi connectivity index (χ2n) is 5.46. The molecule has 0 radical (unpaired) electrons. The summed E-state index contributed by atoms with van der Waals surface area (Å²) < 4.78 is 27.2. The standard InChI is InChI=1S/C15H23N3O3S/c1-12(19)18-10-4-5-13-6-7-14(11-15(13)18)22(20,21)17-9-3-2-8-16/h6-7,11,17H,2-5,8-10,16H2,1H3. The van der Waals surface area contributed by atoms with Gasteiger partial charge in [0.25, 0.3) is 0 Å². The van der Waals surface area contributed by atoms with Crippen molar-refractivity contribution in [2.24, 2.45) is 5.73 Å². The molecule has 0 spiro atoms. The van der Waals surface area contributed by atoms with Crippen molar-refractivity contribution in [3.05, 3.63) is 23.8 Å². The zero-order chi connectivity index (χ0) is 16.2. The first-order valence-electron chi connectivity index (χ1n) is 7.56. The van der Waals surface area contributed by atoms with Crippen molar-refractivity contribution in [2.45, 2.75) is 37.5 Å². The lowest BCUT2D eigenvalue weighted by Gasteiger charge is -2.29. The maximum absolute atomic E-state index is 12.3. The van der Waals surface area contributed by atoms with E-state index in [9.17, 15) is 13.2 Å². The van der Waals surface area contributed by atoms with Crippen LogP contribution in [0, 0.1) is 0 Å². The number of nitrogens with zero attached hydrogens (tertiary/aromatic N) is 1. The van der Waals surface area contributed by atoms with Crippen LogP contribution in [0.25, 0.3) is 0 Å². The van der Waals surface area contributed by atoms with Crippen molar-refractivity contribution in [1.82, 2.24) is 4.72 Å². The third-order valence-corrected chi connectivity index (χ3v) is 5.25. The van der Waals surface area contributed by atoms with Crippen LogP contribution in [0.1, 0.15) is 31.7 Å². The number of fused-ring (bicyclic) bond motifs is 1. The summed E-state index contributed by atoms with van der Waals surface area (Å²) in [4.78, 5) is 13.6. The fraction of sp³-hybridized carbons (Fsp3) is 0.533. The zero-order valence-electron chi connectivity index (χ0n) is 12.8. The van der Waals surface area contributed by atoms with Gasteiger partial charge in [0.2, 0.25) is 15.9 Å². The first kappa shape index (κ1) is 16.9. The van der Waals surface area contributed by atoms with E-state index in [2.05, 4.69) is 4.72 Å². The molecule has 0 aromatic heterocycles. The average Bonchev–Trinajstić information content (AvgIpc) is 2.50. The number of unbranched alkanes of at least 4 members (excludes halogenated alkanes) is 1. The molecule has 0 atom stereocenters. The number of nitrogens with two attached hydrogens (primary N) is 1. The summed E-state index contributed by atoms with van der Waals surface area (Å²) >= 11 is 0. The van der Waals surface area contributed by atoms with Crippen LogP contribution in [-0.2, 0) is 21.2 Å². The van der Waals surface area contributed by atoms with Crippen LogP contribution >= 0.6 is 0 Å². The van der Waals surface area contributed by atoms with E-state index in [0.717, 1.165) is 24.8 Å². The Labute approximate surface area is 131 Å². The number of benzene rings is 1. The minimum Gasteiger partial charge on any atom is -0.330 e. The molecule has 1 amide bonds. The molecule has 1 heterocycles. The Morgan fingerprint density at radius 3 is 2.82 bits per heavy atom. The lowest BCUT2D eigenvalue weighted by Crippen LogP contribution is -2.34. The normalized spacial score (nSPS) is 14.7. The number of carbonyl (C=O) groups is 1. The highest BCUT2D eigenvalue weighted by atomic mass is 32.2. The van der Waals surface area contributed by atoms with Gasteiger partial charge in [-0.25, -0.2) is 13.1 Å². The van der Waals surface area contributed by atoms with E-state index in [0.29, 0.717) is 31.7 Å². The van der Waals surface area contributed by atoms with Crippen LogP contribution in [-0.4, -0.2) is 34.0 Å². The summed E-state index contributed by atoms with van der Waals surface area (Å²) in [6.07, 6.45) is 3.25. The Morgan fingerprint density at radius 2 is 2.14 bits per heavy atom. The van der Waals surface area contributed by atoms with Crippen LogP contribution in [0.5, 0.6) is 0 Å². The quantitative estimate of drug-likeness (QED) is 0.763. The van der Waals surface area contributed by atoms with Crippen LogP contribution in [0.3, 0.4) is 0 Å². The first-order chi connectivity index (χ1) is 10.5. The van der Waals surface area contributed by atoms with Gasteiger partial charge in [-0.1, -0.05) is 6.07 Å². The molecule has 0 saturated heterocycles. The molecule has 22 heavy (non-hydrogen) atoms. The Kier molecular flexibility index (Phi) is 5.55. The maximum Gasteiger partial charge on any atom is 0.240 e. The molecule has 0 unspecified atom stereocenters. The lowest BCUT2D eigenvalue weighted by atomic mass is 10.0. The number of carbonyl (C=O) groups excluding carboxylic acids is 1. The molecule has 1 aliphatic rings. The molecule has 0 fully saturated rings. The molecule has 1 aromatic carbocycles. The average molecular weight is 325 g/mol. The van der Waals surface area contributed by atoms with Gasteiger partial charge in [0.1, 0.15) is 0 Å². The molecule has 1 aliphatic heterocycles. The van der Waals surface area contributed by atoms with E-state index >= 15 is 0 Å². The van der Waals surface area contributed by atoms with Gasteiger partial charge in [0.15, 0.2) is 0 Å². The molecule has 2 rings (SSSR count). The number of hydrogen-bond donors (Lipinski definition) is 2. The molecule has 6 nitrogen and oxygen atoms in total. The number of hydrogen-bond acceptors (Lipinski definition) is 4. The van der Waals surface area contributed by atoms with Gasteiger partial charge in [-0.3, -0.25) is 4.79 Å². The predicted molar refractivity (Wildman–Crippen MR) is 86.3 cm³/mol. The third-order valence-electron chi connectivity index (χ3n) is 3.79. The summed E-state index contributed by atoms with van der Waals surface area (Å²) in [5, 5.41) is 0. The molecule has 3 N–H and O–H groups in total. The van der Waals surface area contributed by atoms with E-state index in [4.69, 9.17) is 5.73 Å². The minimum absolute atomic E-state index is 0.0635. The van der Waals surface area contributed by atoms with Gasteiger partial charge >= 0.3 is 0 Å². The van der Waals surface area contributed by atoms with E-state index in [1.165, 1.54) is 6.92 Å². The Bertz CT molecular complexity index is 643. The smallest absolute Gasteiger partial charge is 0.240 e. The highest BCUT2D eigenvalue weighted by Gasteiger charge is 2.23. The van der Waals surface area contributed by atoms with Gasteiger partial charge < -0.3 is 10.6 Å². The number of nitrogens with one attached hydrogen (secondary N) is 1. The summed E-state index contributed by atoms with van der Waals surface area (Å²) in [6, 6.07) is 5.01. The summed E-state index contributed by atoms with van der Waals surface area (Å²) in [5.74, 6) is -0.0635. The third kappa shape index (κ3) is 3.85. The summed E-state index contributed by atoms with van der Waals surface area (Å²) in [5.41, 5.74) is 7.12. The van der Waals surface area contributed by atoms with Crippen molar-refractivity contribution in [2.75, 3.05) is 24.5 Å². The van der Waals surface area contributed by atoms with Crippen LogP contribution in [0.2, 0.25) is 0 Å². The molecule has 1 aromatic rings. The van der Waals surface area contributed by atoms with Crippen molar-refractivity contribution in [1.29, 1.82) is 0 Å². The Morgan fingerprint density at radius 1 is 1.36 bits per heavy atom. The van der Waals surface area contributed by atoms with Crippen LogP contribution in [0.4, 0.5) is 5.69 Å². The topological polar surface area (TPSA) is 92.5 Å². The molecule has 122 valence electrons. The summed E-state index contributed by atoms with van der Waals surface area (Å²) in [6.45, 7) is 3.05. The number of rotatable bonds is 6. The monoisotopic (exact) mass is 325 g/mol. The molecule has 0 saturated carbocycles. The SMILES string of the molecule is CC(=O)N1CCCc2ccc(S(=O)(=O)NCCCCN)cc21. The number of anilines is 1. The predicted octanol–water partition coefficient (Wildman–Crippen LogP) is 1.00. The summed E-state index contributed by atoms with van der Waals surface area (Å²) in [7, 11) is -3.55. The molecule has 0 aliphatic carbocycles. The van der Waals surface area contributed by atoms with E-state index in [-0.39, 0.29) is 10.8 Å². The maximum atomic E-state index is 12.3. The second kappa shape index (κ2) is 7.21. The highest BCUT2D eigenvalue weighted by Crippen LogP contribution is 2.29. The van der Waals surface area contributed by atoms with Crippen molar-refractivity contribution >= 4 is 21.6 Å². The fourth-order valence-corrected chi connectivity index (χ4v) is 3.70.